The van der Waals surface area contributed by atoms with Crippen molar-refractivity contribution in [1.82, 2.24) is 0 Å². The van der Waals surface area contributed by atoms with Crippen molar-refractivity contribution in [3.05, 3.63) is 47.0 Å². The van der Waals surface area contributed by atoms with Gasteiger partial charge in [0.25, 0.3) is 0 Å². The van der Waals surface area contributed by atoms with E-state index < -0.39 is 125 Å². The third kappa shape index (κ3) is 7.32. The Labute approximate surface area is 319 Å². The smallest absolute Gasteiger partial charge is 0.458 e. The SMILES string of the molecule is CC(=O)O[C@@]12CC(=O)O[C@@H]1C[C@H](OC(=O)OC(C)(C)C)[C@@]1(C)C(=O)[C@H](OC(=O)OC(C)(C)C)C3=C(C)[C@@H](O)C[C@@](O)([C@@H](OC(=O)c4ccccc4)[C@H]21)C3(C)C. The van der Waals surface area contributed by atoms with Crippen LogP contribution in [0.4, 0.5) is 9.59 Å². The summed E-state index contributed by atoms with van der Waals surface area (Å²) in [6, 6.07) is 7.76. The molecular formula is C40H52O15. The fraction of sp³-hybridized carbons (Fsp3) is 0.650. The van der Waals surface area contributed by atoms with Gasteiger partial charge in [0, 0.05) is 25.2 Å². The maximum absolute atomic E-state index is 15.8. The van der Waals surface area contributed by atoms with Crippen molar-refractivity contribution in [2.45, 2.75) is 148 Å². The summed E-state index contributed by atoms with van der Waals surface area (Å²) in [5.41, 5.74) is -10.4. The van der Waals surface area contributed by atoms with Crippen molar-refractivity contribution >= 4 is 36.0 Å². The number of hydrogen-bond acceptors (Lipinski definition) is 15. The molecule has 0 radical (unpaired) electrons. The molecule has 1 saturated heterocycles. The van der Waals surface area contributed by atoms with Gasteiger partial charge in [-0.05, 0) is 78.7 Å². The molecule has 0 unspecified atom stereocenters. The number of hydrogen-bond donors (Lipinski definition) is 2. The highest BCUT2D eigenvalue weighted by molar-refractivity contribution is 5.96. The first-order valence-corrected chi connectivity index (χ1v) is 18.3. The monoisotopic (exact) mass is 772 g/mol. The summed E-state index contributed by atoms with van der Waals surface area (Å²) in [6.45, 7) is 16.5. The maximum Gasteiger partial charge on any atom is 0.509 e. The molecular weight excluding hydrogens is 720 g/mol. The molecule has 302 valence electrons. The molecule has 1 aromatic rings. The van der Waals surface area contributed by atoms with Crippen molar-refractivity contribution in [3.63, 3.8) is 0 Å². The number of ether oxygens (including phenoxy) is 7. The molecule has 55 heavy (non-hydrogen) atoms. The fourth-order valence-electron chi connectivity index (χ4n) is 8.93. The molecule has 0 spiro atoms. The second-order valence-electron chi connectivity index (χ2n) is 17.7. The van der Waals surface area contributed by atoms with Gasteiger partial charge < -0.3 is 43.4 Å². The Hall–Kier alpha value is -4.50. The molecule has 3 aliphatic carbocycles. The number of benzene rings is 1. The molecule has 2 bridgehead atoms. The van der Waals surface area contributed by atoms with Crippen LogP contribution >= 0.6 is 0 Å². The number of aliphatic hydroxyl groups excluding tert-OH is 1. The van der Waals surface area contributed by atoms with Gasteiger partial charge in [0.05, 0.1) is 29.4 Å². The molecule has 9 atom stereocenters. The van der Waals surface area contributed by atoms with Crippen LogP contribution in [0.5, 0.6) is 0 Å². The molecule has 5 rings (SSSR count). The first-order chi connectivity index (χ1) is 25.2. The van der Waals surface area contributed by atoms with Crippen LogP contribution in [0.15, 0.2) is 41.5 Å². The van der Waals surface area contributed by atoms with E-state index in [0.29, 0.717) is 0 Å². The lowest BCUT2D eigenvalue weighted by atomic mass is 9.45. The van der Waals surface area contributed by atoms with Crippen LogP contribution in [0.1, 0.15) is 106 Å². The minimum absolute atomic E-state index is 0.0246. The number of esters is 3. The minimum Gasteiger partial charge on any atom is -0.458 e. The van der Waals surface area contributed by atoms with Crippen LogP contribution in [-0.4, -0.2) is 99.1 Å². The van der Waals surface area contributed by atoms with Crippen molar-refractivity contribution < 1.29 is 72.1 Å². The van der Waals surface area contributed by atoms with Gasteiger partial charge in [-0.1, -0.05) is 32.0 Å². The van der Waals surface area contributed by atoms with Crippen LogP contribution in [0.2, 0.25) is 0 Å². The summed E-state index contributed by atoms with van der Waals surface area (Å²) in [5, 5.41) is 25.0. The van der Waals surface area contributed by atoms with Crippen molar-refractivity contribution in [2.24, 2.45) is 16.7 Å². The zero-order chi connectivity index (χ0) is 41.3. The van der Waals surface area contributed by atoms with E-state index in [9.17, 15) is 34.2 Å². The highest BCUT2D eigenvalue weighted by atomic mass is 16.7. The fourth-order valence-corrected chi connectivity index (χ4v) is 8.93. The van der Waals surface area contributed by atoms with Gasteiger partial charge in [0.15, 0.2) is 17.5 Å². The van der Waals surface area contributed by atoms with Gasteiger partial charge in [-0.25, -0.2) is 14.4 Å². The van der Waals surface area contributed by atoms with Gasteiger partial charge in [0.2, 0.25) is 0 Å². The van der Waals surface area contributed by atoms with E-state index in [2.05, 4.69) is 0 Å². The van der Waals surface area contributed by atoms with Gasteiger partial charge in [-0.2, -0.15) is 0 Å². The average molecular weight is 773 g/mol. The first kappa shape index (κ1) is 41.7. The van der Waals surface area contributed by atoms with E-state index in [-0.39, 0.29) is 16.7 Å². The molecule has 15 nitrogen and oxygen atoms in total. The van der Waals surface area contributed by atoms with Gasteiger partial charge in [-0.3, -0.25) is 14.4 Å². The highest BCUT2D eigenvalue weighted by Gasteiger charge is 2.79. The third-order valence-electron chi connectivity index (χ3n) is 11.3. The Kier molecular flexibility index (Phi) is 10.5. The number of aliphatic hydroxyl groups is 2. The minimum atomic E-state index is -2.38. The Morgan fingerprint density at radius 1 is 0.873 bits per heavy atom. The van der Waals surface area contributed by atoms with Gasteiger partial charge in [0.1, 0.15) is 35.1 Å². The van der Waals surface area contributed by atoms with Crippen LogP contribution in [0, 0.1) is 16.7 Å². The molecule has 1 aliphatic heterocycles. The molecule has 3 fully saturated rings. The lowest BCUT2D eigenvalue weighted by Gasteiger charge is -2.63. The van der Waals surface area contributed by atoms with Crippen molar-refractivity contribution in [3.8, 4) is 0 Å². The van der Waals surface area contributed by atoms with Crippen molar-refractivity contribution in [2.75, 3.05) is 0 Å². The van der Waals surface area contributed by atoms with Crippen LogP contribution < -0.4 is 0 Å². The number of carbonyl (C=O) groups excluding carboxylic acids is 6. The highest BCUT2D eigenvalue weighted by Crippen LogP contribution is 2.64. The van der Waals surface area contributed by atoms with Gasteiger partial charge >= 0.3 is 30.2 Å². The predicted molar refractivity (Wildman–Crippen MR) is 190 cm³/mol. The van der Waals surface area contributed by atoms with E-state index in [0.717, 1.165) is 6.92 Å². The van der Waals surface area contributed by atoms with E-state index >= 15 is 4.79 Å². The molecule has 1 aromatic carbocycles. The Bertz CT molecular complexity index is 1780. The molecule has 1 heterocycles. The normalized spacial score (nSPS) is 34.1. The molecule has 4 aliphatic rings. The van der Waals surface area contributed by atoms with Crippen LogP contribution in [0.25, 0.3) is 0 Å². The summed E-state index contributed by atoms with van der Waals surface area (Å²) < 4.78 is 41.0. The summed E-state index contributed by atoms with van der Waals surface area (Å²) in [7, 11) is 0. The molecule has 2 saturated carbocycles. The summed E-state index contributed by atoms with van der Waals surface area (Å²) >= 11 is 0. The number of ketones is 1. The standard InChI is InChI=1S/C40H52O15/c1-20-23(42)18-40(48)31(52-32(45)22-15-13-12-14-16-22)29-38(11,30(44)28(27(20)37(40,9)10)51-34(47)55-36(6,7)8)24(50-33(46)54-35(3,4)5)17-25-39(29,53-21(2)41)19-26(43)49-25/h12-16,23-25,28-29,31,42,48H,17-19H2,1-11H3/t23-,24-,25+,28+,29-,31-,38+,39-,40+/m0/s1. The second kappa shape index (κ2) is 13.9. The van der Waals surface area contributed by atoms with E-state index in [4.69, 9.17) is 33.2 Å². The summed E-state index contributed by atoms with van der Waals surface area (Å²) in [5.74, 6) is -5.47. The Balaban J connectivity index is 1.89. The second-order valence-corrected chi connectivity index (χ2v) is 17.7. The number of fused-ring (bicyclic) bond motifs is 5. The molecule has 2 N–H and O–H groups in total. The molecule has 0 amide bonds. The number of carbonyl (C=O) groups is 6. The zero-order valence-electron chi connectivity index (χ0n) is 33.2. The largest absolute Gasteiger partial charge is 0.509 e. The number of Topliss-reactive ketones (excluding diaryl/α,β-unsaturated/α-hetero) is 1. The average Bonchev–Trinajstić information content (AvgIpc) is 3.34. The van der Waals surface area contributed by atoms with Crippen LogP contribution in [0.3, 0.4) is 0 Å². The Morgan fingerprint density at radius 3 is 1.98 bits per heavy atom. The zero-order valence-corrected chi connectivity index (χ0v) is 33.2. The van der Waals surface area contributed by atoms with Crippen molar-refractivity contribution in [1.29, 1.82) is 0 Å². The third-order valence-corrected chi connectivity index (χ3v) is 11.3. The topological polar surface area (TPSA) is 207 Å². The van der Waals surface area contributed by atoms with Crippen LogP contribution in [-0.2, 0) is 47.5 Å². The van der Waals surface area contributed by atoms with E-state index in [1.54, 1.807) is 59.7 Å². The predicted octanol–water partition coefficient (Wildman–Crippen LogP) is 4.92. The Morgan fingerprint density at radius 2 is 1.44 bits per heavy atom. The molecule has 0 aromatic heterocycles. The first-order valence-electron chi connectivity index (χ1n) is 18.3. The maximum atomic E-state index is 15.8. The summed E-state index contributed by atoms with van der Waals surface area (Å²) in [4.78, 5) is 83.5. The summed E-state index contributed by atoms with van der Waals surface area (Å²) in [6.07, 6.45) is -12.5. The lowest BCUT2D eigenvalue weighted by molar-refractivity contribution is -0.273. The molecule has 15 heteroatoms. The quantitative estimate of drug-likeness (QED) is 0.231. The lowest BCUT2D eigenvalue weighted by Crippen LogP contribution is -2.77. The van der Waals surface area contributed by atoms with E-state index in [1.165, 1.54) is 39.8 Å². The van der Waals surface area contributed by atoms with Gasteiger partial charge in [-0.15, -0.1) is 0 Å². The van der Waals surface area contributed by atoms with E-state index in [1.807, 2.05) is 0 Å². The number of rotatable bonds is 5.